The van der Waals surface area contributed by atoms with Crippen LogP contribution in [0.1, 0.15) is 43.1 Å². The van der Waals surface area contributed by atoms with Gasteiger partial charge in [0.2, 0.25) is 0 Å². The summed E-state index contributed by atoms with van der Waals surface area (Å²) in [4.78, 5) is 0.952. The molecule has 0 aliphatic rings. The van der Waals surface area contributed by atoms with Gasteiger partial charge in [-0.3, -0.25) is 0 Å². The molecule has 0 amide bonds. The largest absolute Gasteiger partial charge is 0.318 e. The summed E-state index contributed by atoms with van der Waals surface area (Å²) in [6.45, 7) is 6.28. The van der Waals surface area contributed by atoms with E-state index in [-0.39, 0.29) is 11.5 Å². The van der Waals surface area contributed by atoms with Crippen LogP contribution in [0.4, 0.5) is 0 Å². The van der Waals surface area contributed by atoms with Crippen molar-refractivity contribution in [3.63, 3.8) is 0 Å². The van der Waals surface area contributed by atoms with Gasteiger partial charge in [-0.1, -0.05) is 30.5 Å². The summed E-state index contributed by atoms with van der Waals surface area (Å²) in [7, 11) is 1.82. The van der Waals surface area contributed by atoms with Crippen LogP contribution in [-0.2, 0) is 12.5 Å². The molecule has 2 rings (SSSR count). The van der Waals surface area contributed by atoms with Crippen LogP contribution in [0.5, 0.6) is 0 Å². The highest BCUT2D eigenvalue weighted by atomic mass is 79.9. The third-order valence-corrected chi connectivity index (χ3v) is 4.00. The van der Waals surface area contributed by atoms with Crippen molar-refractivity contribution in [1.82, 2.24) is 24.6 Å². The van der Waals surface area contributed by atoms with E-state index in [2.05, 4.69) is 56.6 Å². The normalized spacial score (nSPS) is 13.9. The quantitative estimate of drug-likeness (QED) is 0.907. The van der Waals surface area contributed by atoms with Crippen molar-refractivity contribution < 1.29 is 0 Å². The molecule has 98 valence electrons. The van der Waals surface area contributed by atoms with Gasteiger partial charge in [0.05, 0.1) is 22.3 Å². The zero-order valence-corrected chi connectivity index (χ0v) is 13.1. The maximum absolute atomic E-state index is 6.30. The first-order valence-corrected chi connectivity index (χ1v) is 7.02. The lowest BCUT2D eigenvalue weighted by Gasteiger charge is -2.19. The smallest absolute Gasteiger partial charge is 0.153 e. The topological polar surface area (TPSA) is 82.5 Å². The first-order valence-electron chi connectivity index (χ1n) is 5.45. The molecule has 0 fully saturated rings. The summed E-state index contributed by atoms with van der Waals surface area (Å²) in [5.74, 6) is 0. The van der Waals surface area contributed by atoms with Crippen LogP contribution in [-0.4, -0.2) is 24.6 Å². The van der Waals surface area contributed by atoms with E-state index in [0.717, 1.165) is 16.3 Å². The fourth-order valence-electron chi connectivity index (χ4n) is 1.71. The van der Waals surface area contributed by atoms with E-state index in [1.807, 2.05) is 7.05 Å². The molecule has 0 saturated heterocycles. The number of nitrogens with two attached hydrogens (primary N) is 1. The van der Waals surface area contributed by atoms with E-state index >= 15 is 0 Å². The van der Waals surface area contributed by atoms with Crippen LogP contribution in [0.25, 0.3) is 0 Å². The molecule has 0 saturated carbocycles. The van der Waals surface area contributed by atoms with E-state index in [4.69, 9.17) is 5.73 Å². The average molecular weight is 331 g/mol. The van der Waals surface area contributed by atoms with Crippen LogP contribution >= 0.6 is 27.5 Å². The van der Waals surface area contributed by atoms with Crippen LogP contribution in [0.2, 0.25) is 0 Å². The first-order chi connectivity index (χ1) is 8.32. The molecule has 1 unspecified atom stereocenters. The highest BCUT2D eigenvalue weighted by Crippen LogP contribution is 2.33. The number of hydrogen-bond acceptors (Lipinski definition) is 6. The van der Waals surface area contributed by atoms with E-state index in [9.17, 15) is 0 Å². The molecule has 2 aromatic heterocycles. The van der Waals surface area contributed by atoms with Gasteiger partial charge in [-0.25, -0.2) is 4.68 Å². The van der Waals surface area contributed by atoms with Crippen molar-refractivity contribution in [3.8, 4) is 0 Å². The van der Waals surface area contributed by atoms with Crippen molar-refractivity contribution in [1.29, 1.82) is 0 Å². The minimum Gasteiger partial charge on any atom is -0.318 e. The van der Waals surface area contributed by atoms with Gasteiger partial charge in [0.15, 0.2) is 4.60 Å². The molecular formula is C10H15BrN6S. The molecule has 2 aromatic rings. The van der Waals surface area contributed by atoms with E-state index in [1.165, 1.54) is 11.5 Å². The molecule has 0 spiro atoms. The molecule has 1 atom stereocenters. The highest BCUT2D eigenvalue weighted by molar-refractivity contribution is 9.10. The number of hydrogen-bond donors (Lipinski definition) is 1. The minimum atomic E-state index is -0.325. The Morgan fingerprint density at radius 1 is 1.33 bits per heavy atom. The molecule has 0 aromatic carbocycles. The first kappa shape index (κ1) is 13.6. The maximum atomic E-state index is 6.30. The Kier molecular flexibility index (Phi) is 3.52. The van der Waals surface area contributed by atoms with Gasteiger partial charge in [-0.05, 0) is 27.5 Å². The summed E-state index contributed by atoms with van der Waals surface area (Å²) in [5, 5.41) is 12.1. The van der Waals surface area contributed by atoms with Crippen molar-refractivity contribution in [2.45, 2.75) is 32.2 Å². The number of rotatable bonds is 2. The molecule has 2 N–H and O–H groups in total. The van der Waals surface area contributed by atoms with Crippen molar-refractivity contribution >= 4 is 27.5 Å². The van der Waals surface area contributed by atoms with Crippen molar-refractivity contribution in [3.05, 3.63) is 20.9 Å². The molecule has 0 radical (unpaired) electrons. The lowest BCUT2D eigenvalue weighted by atomic mass is 9.90. The van der Waals surface area contributed by atoms with Gasteiger partial charge in [-0.2, -0.15) is 0 Å². The fourth-order valence-corrected chi connectivity index (χ4v) is 3.16. The summed E-state index contributed by atoms with van der Waals surface area (Å²) < 4.78 is 6.35. The zero-order valence-electron chi connectivity index (χ0n) is 10.7. The zero-order chi connectivity index (χ0) is 13.5. The van der Waals surface area contributed by atoms with Gasteiger partial charge < -0.3 is 5.73 Å². The standard InChI is InChI=1S/C10H15BrN6S/c1-10(2,3)8-7(18-16-13-8)5(12)6-9(11)14-15-17(6)4/h5H,12H2,1-4H3. The lowest BCUT2D eigenvalue weighted by molar-refractivity contribution is 0.552. The van der Waals surface area contributed by atoms with Gasteiger partial charge in [0.25, 0.3) is 0 Å². The van der Waals surface area contributed by atoms with Gasteiger partial charge >= 0.3 is 0 Å². The minimum absolute atomic E-state index is 0.0849. The Morgan fingerprint density at radius 3 is 2.50 bits per heavy atom. The highest BCUT2D eigenvalue weighted by Gasteiger charge is 2.29. The van der Waals surface area contributed by atoms with Crippen molar-refractivity contribution in [2.24, 2.45) is 12.8 Å². The molecular weight excluding hydrogens is 316 g/mol. The molecule has 0 bridgehead atoms. The average Bonchev–Trinajstić information content (AvgIpc) is 2.84. The predicted molar refractivity (Wildman–Crippen MR) is 73.3 cm³/mol. The van der Waals surface area contributed by atoms with E-state index in [0.29, 0.717) is 4.60 Å². The van der Waals surface area contributed by atoms with E-state index < -0.39 is 0 Å². The van der Waals surface area contributed by atoms with Gasteiger partial charge in [0.1, 0.15) is 0 Å². The van der Waals surface area contributed by atoms with Crippen LogP contribution in [0, 0.1) is 0 Å². The number of aromatic nitrogens is 5. The Morgan fingerprint density at radius 2 is 2.00 bits per heavy atom. The monoisotopic (exact) mass is 330 g/mol. The van der Waals surface area contributed by atoms with Crippen LogP contribution in [0.15, 0.2) is 4.60 Å². The summed E-state index contributed by atoms with van der Waals surface area (Å²) >= 11 is 4.69. The summed E-state index contributed by atoms with van der Waals surface area (Å²) in [6, 6.07) is -0.325. The molecule has 6 nitrogen and oxygen atoms in total. The summed E-state index contributed by atoms with van der Waals surface area (Å²) in [5.41, 5.74) is 7.97. The third-order valence-electron chi connectivity index (χ3n) is 2.63. The fraction of sp³-hybridized carbons (Fsp3) is 0.600. The Labute approximate surface area is 118 Å². The third kappa shape index (κ3) is 2.32. The maximum Gasteiger partial charge on any atom is 0.153 e. The predicted octanol–water partition coefficient (Wildman–Crippen LogP) is 1.77. The van der Waals surface area contributed by atoms with E-state index in [1.54, 1.807) is 4.68 Å². The molecule has 0 aliphatic carbocycles. The Balaban J connectivity index is 2.48. The molecule has 18 heavy (non-hydrogen) atoms. The second-order valence-corrected chi connectivity index (χ2v) is 6.64. The van der Waals surface area contributed by atoms with Gasteiger partial charge in [0, 0.05) is 12.5 Å². The Hall–Kier alpha value is -0.860. The van der Waals surface area contributed by atoms with Gasteiger partial charge in [-0.15, -0.1) is 10.2 Å². The lowest BCUT2D eigenvalue weighted by Crippen LogP contribution is -2.21. The number of halogens is 1. The number of aryl methyl sites for hydroxylation is 1. The molecule has 2 heterocycles. The van der Waals surface area contributed by atoms with Crippen LogP contribution in [0.3, 0.4) is 0 Å². The Bertz CT molecular complexity index is 535. The van der Waals surface area contributed by atoms with Crippen LogP contribution < -0.4 is 5.73 Å². The SMILES string of the molecule is Cn1nnc(Br)c1C(N)c1snnc1C(C)(C)C. The number of nitrogens with zero attached hydrogens (tertiary/aromatic N) is 5. The molecule has 8 heteroatoms. The second kappa shape index (κ2) is 4.67. The second-order valence-electron chi connectivity index (χ2n) is 5.10. The van der Waals surface area contributed by atoms with Crippen molar-refractivity contribution in [2.75, 3.05) is 0 Å². The molecule has 0 aliphatic heterocycles. The summed E-state index contributed by atoms with van der Waals surface area (Å²) in [6.07, 6.45) is 0.